The zero-order valence-electron chi connectivity index (χ0n) is 8.59. The quantitative estimate of drug-likeness (QED) is 0.817. The van der Waals surface area contributed by atoms with Crippen LogP contribution in [0.15, 0.2) is 30.7 Å². The molecule has 1 aromatic heterocycles. The van der Waals surface area contributed by atoms with Gasteiger partial charge in [-0.15, -0.1) is 0 Å². The summed E-state index contributed by atoms with van der Waals surface area (Å²) in [5, 5.41) is 0. The van der Waals surface area contributed by atoms with Crippen molar-refractivity contribution in [1.82, 2.24) is 9.55 Å². The highest BCUT2D eigenvalue weighted by atomic mass is 16.7. The highest BCUT2D eigenvalue weighted by Crippen LogP contribution is 2.33. The van der Waals surface area contributed by atoms with Crippen LogP contribution in [0, 0.1) is 0 Å². The van der Waals surface area contributed by atoms with Gasteiger partial charge in [0.15, 0.2) is 11.5 Å². The summed E-state index contributed by atoms with van der Waals surface area (Å²) in [6.45, 7) is 0.737. The maximum Gasteiger partial charge on any atom is 0.231 e. The molecule has 16 heavy (non-hydrogen) atoms. The van der Waals surface area contributed by atoms with Crippen LogP contribution in [-0.2, 0) is 6.54 Å². The smallest absolute Gasteiger partial charge is 0.231 e. The molecule has 0 atom stereocenters. The number of benzene rings is 1. The maximum absolute atomic E-state index is 5.63. The van der Waals surface area contributed by atoms with E-state index in [4.69, 9.17) is 15.2 Å². The Balaban J connectivity index is 2.07. The molecule has 0 saturated heterocycles. The molecule has 2 aromatic rings. The van der Waals surface area contributed by atoms with E-state index in [0.717, 1.165) is 22.9 Å². The molecule has 1 aliphatic rings. The third-order valence-electron chi connectivity index (χ3n) is 2.56. The second-order valence-electron chi connectivity index (χ2n) is 3.50. The van der Waals surface area contributed by atoms with E-state index < -0.39 is 0 Å². The summed E-state index contributed by atoms with van der Waals surface area (Å²) in [4.78, 5) is 4.07. The van der Waals surface area contributed by atoms with Crippen LogP contribution in [0.1, 0.15) is 5.69 Å². The molecule has 0 unspecified atom stereocenters. The SMILES string of the molecule is NCc1cncn1-c1ccc2c(c1)OCO2. The summed E-state index contributed by atoms with van der Waals surface area (Å²) >= 11 is 0. The summed E-state index contributed by atoms with van der Waals surface area (Å²) in [6, 6.07) is 5.76. The van der Waals surface area contributed by atoms with Gasteiger partial charge in [-0.2, -0.15) is 0 Å². The van der Waals surface area contributed by atoms with E-state index in [1.807, 2.05) is 22.8 Å². The van der Waals surface area contributed by atoms with Crippen molar-refractivity contribution < 1.29 is 9.47 Å². The second kappa shape index (κ2) is 3.53. The van der Waals surface area contributed by atoms with Gasteiger partial charge in [0, 0.05) is 18.8 Å². The van der Waals surface area contributed by atoms with Crippen molar-refractivity contribution in [1.29, 1.82) is 0 Å². The predicted octanol–water partition coefficient (Wildman–Crippen LogP) is 1.06. The third-order valence-corrected chi connectivity index (χ3v) is 2.56. The monoisotopic (exact) mass is 217 g/mol. The van der Waals surface area contributed by atoms with Crippen molar-refractivity contribution in [2.45, 2.75) is 6.54 Å². The standard InChI is InChI=1S/C11H11N3O2/c12-4-9-5-13-6-14(9)8-1-2-10-11(3-8)16-7-15-10/h1-3,5-6H,4,7,12H2. The molecule has 2 heterocycles. The van der Waals surface area contributed by atoms with E-state index >= 15 is 0 Å². The van der Waals surface area contributed by atoms with Gasteiger partial charge < -0.3 is 19.8 Å². The summed E-state index contributed by atoms with van der Waals surface area (Å²) in [6.07, 6.45) is 3.49. The van der Waals surface area contributed by atoms with E-state index in [-0.39, 0.29) is 6.79 Å². The van der Waals surface area contributed by atoms with Crippen LogP contribution in [0.4, 0.5) is 0 Å². The van der Waals surface area contributed by atoms with Gasteiger partial charge in [-0.3, -0.25) is 0 Å². The lowest BCUT2D eigenvalue weighted by Gasteiger charge is -2.07. The molecular weight excluding hydrogens is 206 g/mol. The molecule has 5 nitrogen and oxygen atoms in total. The average Bonchev–Trinajstić information content (AvgIpc) is 2.96. The summed E-state index contributed by atoms with van der Waals surface area (Å²) in [5.41, 5.74) is 7.56. The molecular formula is C11H11N3O2. The number of imidazole rings is 1. The van der Waals surface area contributed by atoms with Gasteiger partial charge in [-0.1, -0.05) is 0 Å². The first-order valence-corrected chi connectivity index (χ1v) is 5.00. The fourth-order valence-corrected chi connectivity index (χ4v) is 1.74. The lowest BCUT2D eigenvalue weighted by Crippen LogP contribution is -2.04. The van der Waals surface area contributed by atoms with Gasteiger partial charge >= 0.3 is 0 Å². The fourth-order valence-electron chi connectivity index (χ4n) is 1.74. The molecule has 82 valence electrons. The molecule has 5 heteroatoms. The number of nitrogens with zero attached hydrogens (tertiary/aromatic N) is 2. The van der Waals surface area contributed by atoms with Crippen molar-refractivity contribution in [3.63, 3.8) is 0 Å². The van der Waals surface area contributed by atoms with Crippen molar-refractivity contribution in [3.8, 4) is 17.2 Å². The van der Waals surface area contributed by atoms with Crippen molar-refractivity contribution in [3.05, 3.63) is 36.4 Å². The van der Waals surface area contributed by atoms with Gasteiger partial charge in [-0.25, -0.2) is 4.98 Å². The first-order valence-electron chi connectivity index (χ1n) is 5.00. The van der Waals surface area contributed by atoms with E-state index in [1.54, 1.807) is 12.5 Å². The number of hydrogen-bond donors (Lipinski definition) is 1. The van der Waals surface area contributed by atoms with E-state index in [2.05, 4.69) is 4.98 Å². The third kappa shape index (κ3) is 1.33. The van der Waals surface area contributed by atoms with Crippen LogP contribution in [0.25, 0.3) is 5.69 Å². The summed E-state index contributed by atoms with van der Waals surface area (Å²) < 4.78 is 12.5. The largest absolute Gasteiger partial charge is 0.454 e. The van der Waals surface area contributed by atoms with Gasteiger partial charge in [0.1, 0.15) is 0 Å². The van der Waals surface area contributed by atoms with Crippen LogP contribution in [0.5, 0.6) is 11.5 Å². The second-order valence-corrected chi connectivity index (χ2v) is 3.50. The fraction of sp³-hybridized carbons (Fsp3) is 0.182. The molecule has 0 amide bonds. The molecule has 0 fully saturated rings. The normalized spacial score (nSPS) is 13.1. The number of rotatable bonds is 2. The molecule has 0 spiro atoms. The van der Waals surface area contributed by atoms with Gasteiger partial charge in [0.25, 0.3) is 0 Å². The van der Waals surface area contributed by atoms with Crippen molar-refractivity contribution in [2.75, 3.05) is 6.79 Å². The Morgan fingerprint density at radius 1 is 1.31 bits per heavy atom. The minimum absolute atomic E-state index is 0.284. The lowest BCUT2D eigenvalue weighted by molar-refractivity contribution is 0.174. The van der Waals surface area contributed by atoms with Crippen LogP contribution in [-0.4, -0.2) is 16.3 Å². The average molecular weight is 217 g/mol. The molecule has 3 rings (SSSR count). The zero-order chi connectivity index (χ0) is 11.0. The van der Waals surface area contributed by atoms with Gasteiger partial charge in [0.2, 0.25) is 6.79 Å². The molecule has 0 saturated carbocycles. The molecule has 0 aliphatic carbocycles. The Labute approximate surface area is 92.4 Å². The lowest BCUT2D eigenvalue weighted by atomic mass is 10.2. The Kier molecular flexibility index (Phi) is 2.04. The first kappa shape index (κ1) is 9.23. The highest BCUT2D eigenvalue weighted by molar-refractivity contribution is 5.50. The maximum atomic E-state index is 5.63. The molecule has 0 bridgehead atoms. The van der Waals surface area contributed by atoms with Gasteiger partial charge in [0.05, 0.1) is 17.7 Å². The van der Waals surface area contributed by atoms with Crippen molar-refractivity contribution in [2.24, 2.45) is 5.73 Å². The van der Waals surface area contributed by atoms with E-state index in [0.29, 0.717) is 6.54 Å². The predicted molar refractivity (Wildman–Crippen MR) is 57.6 cm³/mol. The van der Waals surface area contributed by atoms with Crippen LogP contribution in [0.3, 0.4) is 0 Å². The Hall–Kier alpha value is -2.01. The minimum Gasteiger partial charge on any atom is -0.454 e. The Morgan fingerprint density at radius 3 is 3.06 bits per heavy atom. The summed E-state index contributed by atoms with van der Waals surface area (Å²) in [5.74, 6) is 1.53. The van der Waals surface area contributed by atoms with Crippen LogP contribution < -0.4 is 15.2 Å². The van der Waals surface area contributed by atoms with Gasteiger partial charge in [-0.05, 0) is 12.1 Å². The molecule has 0 radical (unpaired) electrons. The zero-order valence-corrected chi connectivity index (χ0v) is 8.59. The van der Waals surface area contributed by atoms with E-state index in [9.17, 15) is 0 Å². The van der Waals surface area contributed by atoms with E-state index in [1.165, 1.54) is 0 Å². The topological polar surface area (TPSA) is 62.3 Å². The minimum atomic E-state index is 0.284. The number of nitrogens with two attached hydrogens (primary N) is 1. The summed E-state index contributed by atoms with van der Waals surface area (Å²) in [7, 11) is 0. The number of fused-ring (bicyclic) bond motifs is 1. The Bertz CT molecular complexity index is 522. The first-order chi connectivity index (χ1) is 7.88. The highest BCUT2D eigenvalue weighted by Gasteiger charge is 2.14. The number of ether oxygens (including phenoxy) is 2. The molecule has 1 aromatic carbocycles. The number of aromatic nitrogens is 2. The van der Waals surface area contributed by atoms with Crippen LogP contribution >= 0.6 is 0 Å². The Morgan fingerprint density at radius 2 is 2.19 bits per heavy atom. The van der Waals surface area contributed by atoms with Crippen molar-refractivity contribution >= 4 is 0 Å². The molecule has 1 aliphatic heterocycles. The number of hydrogen-bond acceptors (Lipinski definition) is 4. The molecule has 2 N–H and O–H groups in total. The van der Waals surface area contributed by atoms with Crippen LogP contribution in [0.2, 0.25) is 0 Å².